The molecule has 4 aromatic carbocycles. The Hall–Kier alpha value is -3.92. The number of rotatable bonds is 6. The third-order valence-electron chi connectivity index (χ3n) is 5.26. The van der Waals surface area contributed by atoms with Crippen LogP contribution in [0.2, 0.25) is 0 Å². The van der Waals surface area contributed by atoms with Crippen LogP contribution in [0.25, 0.3) is 10.8 Å². The molecule has 148 valence electrons. The zero-order valence-electron chi connectivity index (χ0n) is 16.4. The highest BCUT2D eigenvalue weighted by atomic mass is 16.2. The van der Waals surface area contributed by atoms with Crippen molar-refractivity contribution in [2.24, 2.45) is 5.73 Å². The normalized spacial score (nSPS) is 11.9. The molecule has 0 saturated heterocycles. The molecule has 30 heavy (non-hydrogen) atoms. The summed E-state index contributed by atoms with van der Waals surface area (Å²) in [5.74, 6) is -1.31. The molecule has 0 heterocycles. The summed E-state index contributed by atoms with van der Waals surface area (Å²) in [6.07, 6.45) is 0. The van der Waals surface area contributed by atoms with Gasteiger partial charge in [-0.25, -0.2) is 0 Å². The van der Waals surface area contributed by atoms with E-state index in [1.54, 1.807) is 6.07 Å². The highest BCUT2D eigenvalue weighted by Gasteiger charge is 2.31. The summed E-state index contributed by atoms with van der Waals surface area (Å²) in [7, 11) is 0. The van der Waals surface area contributed by atoms with Crippen molar-refractivity contribution in [3.8, 4) is 0 Å². The molecule has 0 bridgehead atoms. The quantitative estimate of drug-likeness (QED) is 0.513. The van der Waals surface area contributed by atoms with Crippen molar-refractivity contribution in [1.29, 1.82) is 0 Å². The number of fused-ring (bicyclic) bond motifs is 1. The topological polar surface area (TPSA) is 72.2 Å². The van der Waals surface area contributed by atoms with Gasteiger partial charge in [0.25, 0.3) is 5.91 Å². The molecule has 4 rings (SSSR count). The maximum Gasteiger partial charge on any atom is 0.251 e. The lowest BCUT2D eigenvalue weighted by Gasteiger charge is -2.27. The third-order valence-corrected chi connectivity index (χ3v) is 5.26. The van der Waals surface area contributed by atoms with Crippen molar-refractivity contribution in [1.82, 2.24) is 5.32 Å². The van der Waals surface area contributed by atoms with Crippen molar-refractivity contribution in [3.05, 3.63) is 120 Å². The fourth-order valence-corrected chi connectivity index (χ4v) is 3.77. The molecule has 0 aliphatic carbocycles. The van der Waals surface area contributed by atoms with Crippen LogP contribution in [0.15, 0.2) is 103 Å². The predicted molar refractivity (Wildman–Crippen MR) is 119 cm³/mol. The standard InChI is InChI=1S/C26H22N2O2/c27-25(29)24(23(19-10-3-1-4-11-19)20-12-5-2-6-13-20)28-26(30)22-16-15-18-9-7-8-14-21(18)17-22/h1-17,23-24H,(H2,27,29)(H,28,30)/t24-/m1/s1. The van der Waals surface area contributed by atoms with Crippen molar-refractivity contribution in [2.75, 3.05) is 0 Å². The van der Waals surface area contributed by atoms with Crippen LogP contribution in [0.1, 0.15) is 27.4 Å². The van der Waals surface area contributed by atoms with E-state index < -0.39 is 17.9 Å². The van der Waals surface area contributed by atoms with E-state index in [0.717, 1.165) is 21.9 Å². The molecule has 3 N–H and O–H groups in total. The number of carbonyl (C=O) groups is 2. The number of nitrogens with two attached hydrogens (primary N) is 1. The second kappa shape index (κ2) is 8.62. The zero-order chi connectivity index (χ0) is 20.9. The predicted octanol–water partition coefficient (Wildman–Crippen LogP) is 4.26. The second-order valence-corrected chi connectivity index (χ2v) is 7.21. The number of carbonyl (C=O) groups excluding carboxylic acids is 2. The monoisotopic (exact) mass is 394 g/mol. The van der Waals surface area contributed by atoms with Crippen molar-refractivity contribution >= 4 is 22.6 Å². The minimum atomic E-state index is -0.895. The highest BCUT2D eigenvalue weighted by Crippen LogP contribution is 2.28. The summed E-state index contributed by atoms with van der Waals surface area (Å²) >= 11 is 0. The Balaban J connectivity index is 1.70. The van der Waals surface area contributed by atoms with Crippen LogP contribution in [-0.4, -0.2) is 17.9 Å². The van der Waals surface area contributed by atoms with E-state index in [1.165, 1.54) is 0 Å². The van der Waals surface area contributed by atoms with E-state index in [2.05, 4.69) is 5.32 Å². The van der Waals surface area contributed by atoms with Crippen LogP contribution in [0, 0.1) is 0 Å². The molecule has 2 amide bonds. The van der Waals surface area contributed by atoms with Gasteiger partial charge in [0.05, 0.1) is 0 Å². The summed E-state index contributed by atoms with van der Waals surface area (Å²) in [5.41, 5.74) is 8.08. The van der Waals surface area contributed by atoms with Crippen LogP contribution < -0.4 is 11.1 Å². The lowest BCUT2D eigenvalue weighted by molar-refractivity contribution is -0.120. The molecule has 0 aromatic heterocycles. The molecular formula is C26H22N2O2. The molecule has 0 unspecified atom stereocenters. The van der Waals surface area contributed by atoms with E-state index >= 15 is 0 Å². The summed E-state index contributed by atoms with van der Waals surface area (Å²) < 4.78 is 0. The van der Waals surface area contributed by atoms with Gasteiger partial charge in [-0.2, -0.15) is 0 Å². The van der Waals surface area contributed by atoms with Gasteiger partial charge in [0.15, 0.2) is 0 Å². The molecule has 4 heteroatoms. The van der Waals surface area contributed by atoms with Gasteiger partial charge in [-0.3, -0.25) is 9.59 Å². The molecule has 0 aliphatic heterocycles. The number of amides is 2. The van der Waals surface area contributed by atoms with Gasteiger partial charge in [0, 0.05) is 11.5 Å². The Bertz CT molecular complexity index is 1130. The molecule has 4 nitrogen and oxygen atoms in total. The first kappa shape index (κ1) is 19.4. The maximum absolute atomic E-state index is 13.1. The number of primary amides is 1. The maximum atomic E-state index is 13.1. The second-order valence-electron chi connectivity index (χ2n) is 7.21. The van der Waals surface area contributed by atoms with Gasteiger partial charge in [-0.15, -0.1) is 0 Å². The Morgan fingerprint density at radius 3 is 1.77 bits per heavy atom. The lowest BCUT2D eigenvalue weighted by atomic mass is 9.84. The minimum absolute atomic E-state index is 0.332. The summed E-state index contributed by atoms with van der Waals surface area (Å²) in [5, 5.41) is 4.89. The summed E-state index contributed by atoms with van der Waals surface area (Å²) in [4.78, 5) is 25.5. The fraction of sp³-hybridized carbons (Fsp3) is 0.0769. The Morgan fingerprint density at radius 2 is 1.20 bits per heavy atom. The van der Waals surface area contributed by atoms with Crippen LogP contribution in [-0.2, 0) is 4.79 Å². The van der Waals surface area contributed by atoms with Crippen LogP contribution >= 0.6 is 0 Å². The highest BCUT2D eigenvalue weighted by molar-refractivity contribution is 6.00. The SMILES string of the molecule is NC(=O)[C@H](NC(=O)c1ccc2ccccc2c1)C(c1ccccc1)c1ccccc1. The van der Waals surface area contributed by atoms with E-state index in [-0.39, 0.29) is 5.91 Å². The first-order valence-electron chi connectivity index (χ1n) is 9.82. The van der Waals surface area contributed by atoms with Gasteiger partial charge in [0.2, 0.25) is 5.91 Å². The van der Waals surface area contributed by atoms with Crippen LogP contribution in [0.5, 0.6) is 0 Å². The van der Waals surface area contributed by atoms with Gasteiger partial charge >= 0.3 is 0 Å². The number of nitrogens with one attached hydrogen (secondary N) is 1. The molecule has 0 aliphatic rings. The molecular weight excluding hydrogens is 372 g/mol. The molecule has 1 atom stereocenters. The summed E-state index contributed by atoms with van der Waals surface area (Å²) in [6, 6.07) is 31.6. The smallest absolute Gasteiger partial charge is 0.251 e. The van der Waals surface area contributed by atoms with Gasteiger partial charge < -0.3 is 11.1 Å². The van der Waals surface area contributed by atoms with Gasteiger partial charge in [0.1, 0.15) is 6.04 Å². The molecule has 0 saturated carbocycles. The molecule has 0 radical (unpaired) electrons. The average Bonchev–Trinajstić information content (AvgIpc) is 2.79. The lowest BCUT2D eigenvalue weighted by Crippen LogP contribution is -2.48. The van der Waals surface area contributed by atoms with Crippen LogP contribution in [0.3, 0.4) is 0 Å². The van der Waals surface area contributed by atoms with Crippen LogP contribution in [0.4, 0.5) is 0 Å². The number of benzene rings is 4. The molecule has 0 fully saturated rings. The largest absolute Gasteiger partial charge is 0.368 e. The summed E-state index contributed by atoms with van der Waals surface area (Å²) in [6.45, 7) is 0. The van der Waals surface area contributed by atoms with E-state index in [4.69, 9.17) is 5.73 Å². The van der Waals surface area contributed by atoms with E-state index in [0.29, 0.717) is 5.56 Å². The van der Waals surface area contributed by atoms with Gasteiger partial charge in [-0.1, -0.05) is 91.0 Å². The number of hydrogen-bond donors (Lipinski definition) is 2. The Kier molecular flexibility index (Phi) is 5.57. The minimum Gasteiger partial charge on any atom is -0.368 e. The van der Waals surface area contributed by atoms with Gasteiger partial charge in [-0.05, 0) is 34.0 Å². The van der Waals surface area contributed by atoms with Crippen molar-refractivity contribution < 1.29 is 9.59 Å². The Morgan fingerprint density at radius 1 is 0.667 bits per heavy atom. The first-order chi connectivity index (χ1) is 14.6. The Labute approximate surface area is 175 Å². The van der Waals surface area contributed by atoms with Crippen molar-refractivity contribution in [2.45, 2.75) is 12.0 Å². The van der Waals surface area contributed by atoms with Crippen molar-refractivity contribution in [3.63, 3.8) is 0 Å². The van der Waals surface area contributed by atoms with E-state index in [9.17, 15) is 9.59 Å². The molecule has 4 aromatic rings. The zero-order valence-corrected chi connectivity index (χ0v) is 16.4. The average molecular weight is 394 g/mol. The first-order valence-corrected chi connectivity index (χ1v) is 9.82. The number of hydrogen-bond acceptors (Lipinski definition) is 2. The molecule has 0 spiro atoms. The van der Waals surface area contributed by atoms with E-state index in [1.807, 2.05) is 97.1 Å². The fourth-order valence-electron chi connectivity index (χ4n) is 3.77. The third kappa shape index (κ3) is 4.08.